The normalized spacial score (nSPS) is 14.4. The van der Waals surface area contributed by atoms with E-state index in [1.807, 2.05) is 6.92 Å². The first-order valence-corrected chi connectivity index (χ1v) is 8.41. The van der Waals surface area contributed by atoms with Crippen LogP contribution in [-0.4, -0.2) is 19.7 Å². The average Bonchev–Trinajstić information content (AvgIpc) is 1.85. The molecule has 0 saturated carbocycles. The highest BCUT2D eigenvalue weighted by molar-refractivity contribution is 7.19. The highest BCUT2D eigenvalue weighted by Crippen LogP contribution is 2.19. The number of rotatable bonds is 5. The van der Waals surface area contributed by atoms with E-state index < -0.39 is 7.38 Å². The van der Waals surface area contributed by atoms with Crippen LogP contribution in [0, 0.1) is 0 Å². The predicted octanol–water partition coefficient (Wildman–Crippen LogP) is 3.34. The van der Waals surface area contributed by atoms with Gasteiger partial charge in [-0.05, 0) is 13.3 Å². The minimum absolute atomic E-state index is 0.246. The zero-order valence-corrected chi connectivity index (χ0v) is 10.2. The Balaban J connectivity index is 3.92. The first kappa shape index (κ1) is 12.2. The molecule has 1 nitrogen and oxygen atoms in total. The summed E-state index contributed by atoms with van der Waals surface area (Å²) in [6.07, 6.45) is 0.996. The number of halogens is 1. The highest BCUT2D eigenvalue weighted by Gasteiger charge is 2.29. The monoisotopic (exact) mass is 206 g/mol. The molecule has 0 fully saturated rings. The maximum Gasteiger partial charge on any atom is 0.180 e. The maximum atomic E-state index is 6.27. The second kappa shape index (κ2) is 5.05. The number of ether oxygens (including phenoxy) is 1. The maximum absolute atomic E-state index is 6.27. The molecule has 0 aliphatic rings. The zero-order valence-electron chi connectivity index (χ0n) is 8.48. The molecule has 0 N–H and O–H groups in total. The fourth-order valence-corrected chi connectivity index (χ4v) is 3.15. The van der Waals surface area contributed by atoms with Gasteiger partial charge < -0.3 is 4.74 Å². The molecule has 12 heavy (non-hydrogen) atoms. The lowest BCUT2D eigenvalue weighted by atomic mass is 10.4. The molecule has 0 aliphatic heterocycles. The van der Waals surface area contributed by atoms with Crippen molar-refractivity contribution < 1.29 is 4.74 Å². The highest BCUT2D eigenvalue weighted by atomic mass is 35.6. The van der Waals surface area contributed by atoms with E-state index >= 15 is 0 Å². The molecule has 0 spiro atoms. The smallest absolute Gasteiger partial charge is 0.180 e. The van der Waals surface area contributed by atoms with Crippen LogP contribution >= 0.6 is 11.1 Å². The van der Waals surface area contributed by atoms with Crippen molar-refractivity contribution in [2.24, 2.45) is 0 Å². The first-order chi connectivity index (χ1) is 5.38. The number of hydrogen-bond acceptors (Lipinski definition) is 1. The molecule has 0 heterocycles. The van der Waals surface area contributed by atoms with Crippen molar-refractivity contribution in [3.63, 3.8) is 0 Å². The van der Waals surface area contributed by atoms with E-state index in [-0.39, 0.29) is 5.73 Å². The van der Waals surface area contributed by atoms with Crippen LogP contribution in [0.5, 0.6) is 0 Å². The second-order valence-corrected chi connectivity index (χ2v) is 10.4. The van der Waals surface area contributed by atoms with E-state index in [0.29, 0.717) is 6.61 Å². The predicted molar refractivity (Wildman–Crippen MR) is 58.2 cm³/mol. The van der Waals surface area contributed by atoms with Gasteiger partial charge in [-0.3, -0.25) is 0 Å². The minimum atomic E-state index is -1.64. The Morgan fingerprint density at radius 1 is 1.58 bits per heavy atom. The van der Waals surface area contributed by atoms with Crippen LogP contribution in [0.2, 0.25) is 13.1 Å². The second-order valence-electron chi connectivity index (χ2n) is 3.73. The van der Waals surface area contributed by atoms with Gasteiger partial charge in [0.05, 0.1) is 12.3 Å². The lowest BCUT2D eigenvalue weighted by Gasteiger charge is -2.25. The quantitative estimate of drug-likeness (QED) is 0.381. The van der Waals surface area contributed by atoms with E-state index in [4.69, 9.17) is 15.8 Å². The largest absolute Gasteiger partial charge is 0.376 e. The Kier molecular flexibility index (Phi) is 5.14. The lowest BCUT2D eigenvalue weighted by molar-refractivity contribution is 0.119. The Morgan fingerprint density at radius 3 is 2.33 bits per heavy atom. The molecule has 0 rings (SSSR count). The fraction of sp³-hybridized carbons (Fsp3) is 0.778. The summed E-state index contributed by atoms with van der Waals surface area (Å²) in [5.41, 5.74) is 1.30. The molecule has 1 unspecified atom stereocenters. The van der Waals surface area contributed by atoms with Crippen molar-refractivity contribution in [1.29, 1.82) is 0 Å². The van der Waals surface area contributed by atoms with Crippen molar-refractivity contribution in [2.45, 2.75) is 39.1 Å². The van der Waals surface area contributed by atoms with Crippen LogP contribution in [0.1, 0.15) is 20.3 Å². The molecule has 1 atom stereocenters. The van der Waals surface area contributed by atoms with E-state index in [0.717, 1.165) is 12.0 Å². The van der Waals surface area contributed by atoms with E-state index in [1.54, 1.807) is 0 Å². The van der Waals surface area contributed by atoms with Crippen LogP contribution < -0.4 is 0 Å². The Morgan fingerprint density at radius 2 is 2.08 bits per heavy atom. The van der Waals surface area contributed by atoms with Crippen LogP contribution in [0.4, 0.5) is 0 Å². The third kappa shape index (κ3) is 4.96. The summed E-state index contributed by atoms with van der Waals surface area (Å²) in [6.45, 7) is 12.7. The molecule has 0 saturated heterocycles. The van der Waals surface area contributed by atoms with E-state index in [2.05, 4.69) is 26.6 Å². The molecule has 0 amide bonds. The summed E-state index contributed by atoms with van der Waals surface area (Å²) in [5.74, 6) is 0. The Labute approximate surface area is 81.5 Å². The van der Waals surface area contributed by atoms with E-state index in [9.17, 15) is 0 Å². The minimum Gasteiger partial charge on any atom is -0.376 e. The SMILES string of the molecule is C=C(C)COC(CC)[Si](C)(C)Cl. The van der Waals surface area contributed by atoms with Gasteiger partial charge in [-0.25, -0.2) is 0 Å². The van der Waals surface area contributed by atoms with Crippen LogP contribution in [0.3, 0.4) is 0 Å². The average molecular weight is 207 g/mol. The molecule has 0 aromatic heterocycles. The van der Waals surface area contributed by atoms with Crippen LogP contribution in [0.15, 0.2) is 12.2 Å². The van der Waals surface area contributed by atoms with Gasteiger partial charge in [-0.15, -0.1) is 0 Å². The lowest BCUT2D eigenvalue weighted by Crippen LogP contribution is -2.38. The topological polar surface area (TPSA) is 9.23 Å². The van der Waals surface area contributed by atoms with Crippen molar-refractivity contribution in [3.05, 3.63) is 12.2 Å². The summed E-state index contributed by atoms with van der Waals surface area (Å²) in [7, 11) is -1.64. The Bertz CT molecular complexity index is 151. The van der Waals surface area contributed by atoms with Crippen molar-refractivity contribution >= 4 is 18.5 Å². The van der Waals surface area contributed by atoms with Crippen LogP contribution in [0.25, 0.3) is 0 Å². The van der Waals surface area contributed by atoms with Gasteiger partial charge in [0.1, 0.15) is 0 Å². The Hall–Kier alpha value is 0.207. The van der Waals surface area contributed by atoms with Crippen LogP contribution in [-0.2, 0) is 4.74 Å². The van der Waals surface area contributed by atoms with Crippen molar-refractivity contribution in [2.75, 3.05) is 6.61 Å². The van der Waals surface area contributed by atoms with Gasteiger partial charge in [-0.1, -0.05) is 32.2 Å². The first-order valence-electron chi connectivity index (χ1n) is 4.32. The molecule has 0 aromatic rings. The van der Waals surface area contributed by atoms with Gasteiger partial charge in [0.2, 0.25) is 0 Å². The van der Waals surface area contributed by atoms with E-state index in [1.165, 1.54) is 0 Å². The van der Waals surface area contributed by atoms with Gasteiger partial charge in [0.15, 0.2) is 7.38 Å². The van der Waals surface area contributed by atoms with Gasteiger partial charge in [0.25, 0.3) is 0 Å². The summed E-state index contributed by atoms with van der Waals surface area (Å²) < 4.78 is 5.65. The van der Waals surface area contributed by atoms with Crippen molar-refractivity contribution in [3.8, 4) is 0 Å². The zero-order chi connectivity index (χ0) is 9.78. The summed E-state index contributed by atoms with van der Waals surface area (Å²) in [5, 5.41) is 0. The standard InChI is InChI=1S/C9H19ClOSi/c1-6-9(12(4,5)10)11-7-8(2)3/h9H,2,6-7H2,1,3-5H3. The fourth-order valence-electron chi connectivity index (χ4n) is 1.04. The summed E-state index contributed by atoms with van der Waals surface area (Å²) >= 11 is 6.27. The third-order valence-electron chi connectivity index (χ3n) is 1.67. The van der Waals surface area contributed by atoms with Crippen molar-refractivity contribution in [1.82, 2.24) is 0 Å². The summed E-state index contributed by atoms with van der Waals surface area (Å²) in [6, 6.07) is 0. The summed E-state index contributed by atoms with van der Waals surface area (Å²) in [4.78, 5) is 0. The van der Waals surface area contributed by atoms with Gasteiger partial charge in [0, 0.05) is 0 Å². The van der Waals surface area contributed by atoms with Gasteiger partial charge >= 0.3 is 0 Å². The molecular formula is C9H19ClOSi. The number of hydrogen-bond donors (Lipinski definition) is 0. The molecule has 72 valence electrons. The molecule has 3 heteroatoms. The van der Waals surface area contributed by atoms with Gasteiger partial charge in [-0.2, -0.15) is 11.1 Å². The third-order valence-corrected chi connectivity index (χ3v) is 4.50. The molecule has 0 aliphatic carbocycles. The molecule has 0 aromatic carbocycles. The molecule has 0 radical (unpaired) electrons. The molecular weight excluding hydrogens is 188 g/mol. The molecule has 0 bridgehead atoms.